The van der Waals surface area contributed by atoms with E-state index in [1.165, 1.54) is 5.56 Å². The molecule has 28 heavy (non-hydrogen) atoms. The maximum Gasteiger partial charge on any atom is 0.227 e. The molecule has 146 valence electrons. The van der Waals surface area contributed by atoms with Crippen molar-refractivity contribution in [3.05, 3.63) is 71.8 Å². The molecule has 1 atom stereocenters. The van der Waals surface area contributed by atoms with E-state index in [0.717, 1.165) is 37.9 Å². The van der Waals surface area contributed by atoms with Gasteiger partial charge in [0.05, 0.1) is 5.92 Å². The number of amides is 2. The van der Waals surface area contributed by atoms with Crippen LogP contribution in [0.1, 0.15) is 30.4 Å². The van der Waals surface area contributed by atoms with Crippen LogP contribution in [0.2, 0.25) is 0 Å². The quantitative estimate of drug-likeness (QED) is 0.801. The molecule has 0 spiro atoms. The molecule has 2 amide bonds. The predicted molar refractivity (Wildman–Crippen MR) is 109 cm³/mol. The van der Waals surface area contributed by atoms with E-state index in [4.69, 9.17) is 0 Å². The van der Waals surface area contributed by atoms with Gasteiger partial charge in [0.15, 0.2) is 0 Å². The summed E-state index contributed by atoms with van der Waals surface area (Å²) in [4.78, 5) is 29.2. The molecule has 0 aliphatic carbocycles. The number of carbonyl (C=O) groups excluding carboxylic acids is 2. The minimum Gasteiger partial charge on any atom is -0.342 e. The lowest BCUT2D eigenvalue weighted by Gasteiger charge is -2.33. The molecule has 4 heteroatoms. The SMILES string of the molecule is O=C1CC(C(=O)N2CCC(Cc3ccccc3)CC2)CN1Cc1ccccc1. The summed E-state index contributed by atoms with van der Waals surface area (Å²) in [6.07, 6.45) is 3.55. The van der Waals surface area contributed by atoms with Gasteiger partial charge in [-0.15, -0.1) is 0 Å². The van der Waals surface area contributed by atoms with Gasteiger partial charge >= 0.3 is 0 Å². The molecule has 2 aromatic rings. The van der Waals surface area contributed by atoms with Crippen molar-refractivity contribution in [3.8, 4) is 0 Å². The van der Waals surface area contributed by atoms with Crippen LogP contribution >= 0.6 is 0 Å². The van der Waals surface area contributed by atoms with E-state index in [-0.39, 0.29) is 17.7 Å². The molecule has 2 fully saturated rings. The number of hydrogen-bond donors (Lipinski definition) is 0. The van der Waals surface area contributed by atoms with Crippen LogP contribution < -0.4 is 0 Å². The van der Waals surface area contributed by atoms with Gasteiger partial charge in [0, 0.05) is 32.6 Å². The standard InChI is InChI=1S/C24H28N2O2/c27-23-16-22(18-26(23)17-21-9-5-2-6-10-21)24(28)25-13-11-20(12-14-25)15-19-7-3-1-4-8-19/h1-10,20,22H,11-18H2. The highest BCUT2D eigenvalue weighted by molar-refractivity contribution is 5.89. The molecule has 2 aromatic carbocycles. The maximum absolute atomic E-state index is 13.0. The number of piperidine rings is 1. The smallest absolute Gasteiger partial charge is 0.227 e. The molecular formula is C24H28N2O2. The highest BCUT2D eigenvalue weighted by Gasteiger charge is 2.37. The van der Waals surface area contributed by atoms with Crippen LogP contribution in [0.4, 0.5) is 0 Å². The normalized spacial score (nSPS) is 20.6. The van der Waals surface area contributed by atoms with Gasteiger partial charge < -0.3 is 9.80 Å². The molecule has 1 unspecified atom stereocenters. The van der Waals surface area contributed by atoms with Crippen LogP contribution in [0.3, 0.4) is 0 Å². The Bertz CT molecular complexity index is 798. The van der Waals surface area contributed by atoms with Crippen LogP contribution in [0.25, 0.3) is 0 Å². The summed E-state index contributed by atoms with van der Waals surface area (Å²) < 4.78 is 0. The predicted octanol–water partition coefficient (Wildman–Crippen LogP) is 3.52. The Morgan fingerprint density at radius 3 is 2.14 bits per heavy atom. The first kappa shape index (κ1) is 18.7. The average molecular weight is 377 g/mol. The molecule has 2 aliphatic rings. The molecule has 4 rings (SSSR count). The van der Waals surface area contributed by atoms with Crippen molar-refractivity contribution in [1.29, 1.82) is 0 Å². The van der Waals surface area contributed by atoms with Crippen molar-refractivity contribution in [2.75, 3.05) is 19.6 Å². The van der Waals surface area contributed by atoms with Gasteiger partial charge in [-0.25, -0.2) is 0 Å². The number of hydrogen-bond acceptors (Lipinski definition) is 2. The number of nitrogens with zero attached hydrogens (tertiary/aromatic N) is 2. The third kappa shape index (κ3) is 4.44. The summed E-state index contributed by atoms with van der Waals surface area (Å²) in [5.74, 6) is 0.733. The van der Waals surface area contributed by atoms with E-state index in [1.54, 1.807) is 0 Å². The van der Waals surface area contributed by atoms with Crippen molar-refractivity contribution >= 4 is 11.8 Å². The molecule has 0 radical (unpaired) electrons. The topological polar surface area (TPSA) is 40.6 Å². The summed E-state index contributed by atoms with van der Waals surface area (Å²) in [6.45, 7) is 2.79. The second-order valence-electron chi connectivity index (χ2n) is 8.12. The van der Waals surface area contributed by atoms with E-state index < -0.39 is 0 Å². The molecule has 0 bridgehead atoms. The largest absolute Gasteiger partial charge is 0.342 e. The highest BCUT2D eigenvalue weighted by Crippen LogP contribution is 2.26. The zero-order valence-electron chi connectivity index (χ0n) is 16.3. The molecular weight excluding hydrogens is 348 g/mol. The lowest BCUT2D eigenvalue weighted by Crippen LogP contribution is -2.42. The van der Waals surface area contributed by atoms with Gasteiger partial charge in [-0.2, -0.15) is 0 Å². The van der Waals surface area contributed by atoms with Crippen LogP contribution in [-0.2, 0) is 22.6 Å². The second-order valence-corrected chi connectivity index (χ2v) is 8.12. The van der Waals surface area contributed by atoms with Crippen LogP contribution in [0.15, 0.2) is 60.7 Å². The number of benzene rings is 2. The van der Waals surface area contributed by atoms with Crippen LogP contribution in [-0.4, -0.2) is 41.2 Å². The lowest BCUT2D eigenvalue weighted by atomic mass is 9.89. The first-order valence-corrected chi connectivity index (χ1v) is 10.3. The first-order chi connectivity index (χ1) is 13.7. The molecule has 0 aromatic heterocycles. The zero-order chi connectivity index (χ0) is 19.3. The van der Waals surface area contributed by atoms with Gasteiger partial charge in [0.25, 0.3) is 0 Å². The van der Waals surface area contributed by atoms with Gasteiger partial charge in [0.2, 0.25) is 11.8 Å². The Morgan fingerprint density at radius 2 is 1.50 bits per heavy atom. The maximum atomic E-state index is 13.0. The highest BCUT2D eigenvalue weighted by atomic mass is 16.2. The van der Waals surface area contributed by atoms with Gasteiger partial charge in [0.1, 0.15) is 0 Å². The molecule has 0 N–H and O–H groups in total. The van der Waals surface area contributed by atoms with Crippen LogP contribution in [0.5, 0.6) is 0 Å². The second kappa shape index (κ2) is 8.59. The minimum absolute atomic E-state index is 0.0983. The number of carbonyl (C=O) groups is 2. The first-order valence-electron chi connectivity index (χ1n) is 10.3. The van der Waals surface area contributed by atoms with Crippen molar-refractivity contribution in [1.82, 2.24) is 9.80 Å². The van der Waals surface area contributed by atoms with E-state index in [9.17, 15) is 9.59 Å². The summed E-state index contributed by atoms with van der Waals surface area (Å²) in [5, 5.41) is 0. The summed E-state index contributed by atoms with van der Waals surface area (Å²) in [7, 11) is 0. The number of likely N-dealkylation sites (tertiary alicyclic amines) is 2. The Morgan fingerprint density at radius 1 is 0.893 bits per heavy atom. The monoisotopic (exact) mass is 376 g/mol. The Kier molecular flexibility index (Phi) is 5.75. The van der Waals surface area contributed by atoms with Crippen LogP contribution in [0, 0.1) is 11.8 Å². The Labute approximate surface area is 167 Å². The molecule has 0 saturated carbocycles. The lowest BCUT2D eigenvalue weighted by molar-refractivity contribution is -0.137. The van der Waals surface area contributed by atoms with E-state index in [0.29, 0.717) is 25.4 Å². The van der Waals surface area contributed by atoms with E-state index in [2.05, 4.69) is 30.3 Å². The van der Waals surface area contributed by atoms with Crippen molar-refractivity contribution in [2.24, 2.45) is 11.8 Å². The fourth-order valence-electron chi connectivity index (χ4n) is 4.46. The molecule has 2 heterocycles. The minimum atomic E-state index is -0.179. The molecule has 2 saturated heterocycles. The van der Waals surface area contributed by atoms with E-state index >= 15 is 0 Å². The fraction of sp³-hybridized carbons (Fsp3) is 0.417. The summed E-state index contributed by atoms with van der Waals surface area (Å²) >= 11 is 0. The fourth-order valence-corrected chi connectivity index (χ4v) is 4.46. The van der Waals surface area contributed by atoms with Gasteiger partial charge in [-0.05, 0) is 36.3 Å². The third-order valence-corrected chi connectivity index (χ3v) is 6.07. The number of rotatable bonds is 5. The average Bonchev–Trinajstić information content (AvgIpc) is 3.10. The molecule has 2 aliphatic heterocycles. The Balaban J connectivity index is 1.28. The zero-order valence-corrected chi connectivity index (χ0v) is 16.3. The third-order valence-electron chi connectivity index (χ3n) is 6.07. The van der Waals surface area contributed by atoms with Gasteiger partial charge in [-0.1, -0.05) is 60.7 Å². The van der Waals surface area contributed by atoms with Crippen molar-refractivity contribution < 1.29 is 9.59 Å². The van der Waals surface area contributed by atoms with E-state index in [1.807, 2.05) is 40.1 Å². The van der Waals surface area contributed by atoms with Crippen molar-refractivity contribution in [2.45, 2.75) is 32.2 Å². The van der Waals surface area contributed by atoms with Crippen molar-refractivity contribution in [3.63, 3.8) is 0 Å². The summed E-state index contributed by atoms with van der Waals surface area (Å²) in [6, 6.07) is 20.6. The summed E-state index contributed by atoms with van der Waals surface area (Å²) in [5.41, 5.74) is 2.50. The molecule has 4 nitrogen and oxygen atoms in total. The van der Waals surface area contributed by atoms with Gasteiger partial charge in [-0.3, -0.25) is 9.59 Å². The Hall–Kier alpha value is -2.62.